The van der Waals surface area contributed by atoms with Gasteiger partial charge in [-0.1, -0.05) is 18.2 Å². The smallest absolute Gasteiger partial charge is 0.248 e. The van der Waals surface area contributed by atoms with Gasteiger partial charge in [-0.25, -0.2) is 4.39 Å². The number of amides is 1. The maximum absolute atomic E-state index is 13.2. The largest absolute Gasteiger partial charge is 0.489 e. The zero-order valence-electron chi connectivity index (χ0n) is 13.3. The molecule has 1 N–H and O–H groups in total. The summed E-state index contributed by atoms with van der Waals surface area (Å²) in [4.78, 5) is 11.9. The monoisotopic (exact) mass is 337 g/mol. The lowest BCUT2D eigenvalue weighted by Gasteiger charge is -2.08. The predicted molar refractivity (Wildman–Crippen MR) is 93.5 cm³/mol. The van der Waals surface area contributed by atoms with E-state index in [4.69, 9.17) is 9.15 Å². The Morgan fingerprint density at radius 3 is 2.80 bits per heavy atom. The summed E-state index contributed by atoms with van der Waals surface area (Å²) >= 11 is 0. The van der Waals surface area contributed by atoms with Crippen molar-refractivity contribution in [2.45, 2.75) is 6.61 Å². The van der Waals surface area contributed by atoms with Crippen molar-refractivity contribution < 1.29 is 18.3 Å². The van der Waals surface area contributed by atoms with Crippen LogP contribution in [0.2, 0.25) is 0 Å². The highest BCUT2D eigenvalue weighted by molar-refractivity contribution is 6.01. The molecule has 0 aliphatic rings. The van der Waals surface area contributed by atoms with Crippen LogP contribution in [0.25, 0.3) is 6.08 Å². The minimum Gasteiger partial charge on any atom is -0.489 e. The first kappa shape index (κ1) is 16.5. The van der Waals surface area contributed by atoms with Crippen LogP contribution in [0.3, 0.4) is 0 Å². The number of nitrogens with one attached hydrogen (secondary N) is 1. The molecule has 0 radical (unpaired) electrons. The minimum absolute atomic E-state index is 0.244. The lowest BCUT2D eigenvalue weighted by molar-refractivity contribution is -0.111. The van der Waals surface area contributed by atoms with Crippen molar-refractivity contribution >= 4 is 17.7 Å². The molecule has 3 rings (SSSR count). The van der Waals surface area contributed by atoms with Gasteiger partial charge in [0.25, 0.3) is 0 Å². The van der Waals surface area contributed by atoms with Gasteiger partial charge in [-0.05, 0) is 48.0 Å². The lowest BCUT2D eigenvalue weighted by atomic mass is 10.2. The molecule has 3 aromatic rings. The van der Waals surface area contributed by atoms with Crippen LogP contribution in [0.1, 0.15) is 11.3 Å². The first-order valence-corrected chi connectivity index (χ1v) is 7.69. The van der Waals surface area contributed by atoms with Crippen LogP contribution in [0.4, 0.5) is 10.1 Å². The van der Waals surface area contributed by atoms with E-state index in [2.05, 4.69) is 5.32 Å². The molecule has 0 saturated heterocycles. The Hall–Kier alpha value is -3.34. The van der Waals surface area contributed by atoms with Crippen LogP contribution >= 0.6 is 0 Å². The topological polar surface area (TPSA) is 51.5 Å². The molecule has 0 fully saturated rings. The van der Waals surface area contributed by atoms with Crippen LogP contribution < -0.4 is 10.1 Å². The van der Waals surface area contributed by atoms with Gasteiger partial charge in [0.2, 0.25) is 5.91 Å². The second-order valence-corrected chi connectivity index (χ2v) is 5.28. The van der Waals surface area contributed by atoms with Crippen molar-refractivity contribution in [1.82, 2.24) is 0 Å². The molecule has 2 aromatic carbocycles. The molecular weight excluding hydrogens is 321 g/mol. The Balaban J connectivity index is 1.58. The van der Waals surface area contributed by atoms with Crippen LogP contribution in [0.15, 0.2) is 77.4 Å². The highest BCUT2D eigenvalue weighted by Gasteiger charge is 2.02. The number of ether oxygens (including phenoxy) is 1. The summed E-state index contributed by atoms with van der Waals surface area (Å²) in [5.74, 6) is 0.601. The third-order valence-corrected chi connectivity index (χ3v) is 3.34. The zero-order chi connectivity index (χ0) is 17.5. The number of anilines is 1. The SMILES string of the molecule is O=C(C=Cc1ccco1)Nc1cccc(OCc2cccc(F)c2)c1. The Morgan fingerprint density at radius 1 is 1.12 bits per heavy atom. The third-order valence-electron chi connectivity index (χ3n) is 3.34. The van der Waals surface area contributed by atoms with Gasteiger partial charge in [-0.3, -0.25) is 4.79 Å². The Labute approximate surface area is 144 Å². The van der Waals surface area contributed by atoms with Crippen molar-refractivity contribution in [1.29, 1.82) is 0 Å². The van der Waals surface area contributed by atoms with E-state index in [1.54, 1.807) is 54.6 Å². The maximum atomic E-state index is 13.2. The Bertz CT molecular complexity index is 872. The predicted octanol–water partition coefficient (Wildman–Crippen LogP) is 4.65. The Kier molecular flexibility index (Phi) is 5.26. The van der Waals surface area contributed by atoms with Crippen molar-refractivity contribution in [2.75, 3.05) is 5.32 Å². The third kappa shape index (κ3) is 5.07. The van der Waals surface area contributed by atoms with Crippen molar-refractivity contribution in [3.05, 3.63) is 90.1 Å². The highest BCUT2D eigenvalue weighted by atomic mass is 19.1. The van der Waals surface area contributed by atoms with Crippen LogP contribution in [0.5, 0.6) is 5.75 Å². The molecular formula is C20H16FNO3. The average molecular weight is 337 g/mol. The van der Waals surface area contributed by atoms with E-state index in [9.17, 15) is 9.18 Å². The van der Waals surface area contributed by atoms with Crippen molar-refractivity contribution in [2.24, 2.45) is 0 Å². The molecule has 0 aliphatic heterocycles. The zero-order valence-corrected chi connectivity index (χ0v) is 13.3. The number of hydrogen-bond donors (Lipinski definition) is 1. The second kappa shape index (κ2) is 7.97. The van der Waals surface area contributed by atoms with E-state index in [0.29, 0.717) is 17.2 Å². The Morgan fingerprint density at radius 2 is 2.00 bits per heavy atom. The lowest BCUT2D eigenvalue weighted by Crippen LogP contribution is -2.07. The minimum atomic E-state index is -0.301. The van der Waals surface area contributed by atoms with Gasteiger partial charge in [-0.15, -0.1) is 0 Å². The highest BCUT2D eigenvalue weighted by Crippen LogP contribution is 2.19. The molecule has 0 aliphatic carbocycles. The molecule has 126 valence electrons. The van der Waals surface area contributed by atoms with Gasteiger partial charge in [0.1, 0.15) is 23.9 Å². The molecule has 0 bridgehead atoms. The standard InChI is InChI=1S/C20H16FNO3/c21-16-5-1-4-15(12-16)14-25-19-7-2-6-17(13-19)22-20(23)10-9-18-8-3-11-24-18/h1-13H,14H2,(H,22,23). The summed E-state index contributed by atoms with van der Waals surface area (Å²) < 4.78 is 23.9. The quantitative estimate of drug-likeness (QED) is 0.666. The maximum Gasteiger partial charge on any atom is 0.248 e. The molecule has 4 nitrogen and oxygen atoms in total. The first-order chi connectivity index (χ1) is 12.2. The molecule has 0 unspecified atom stereocenters. The summed E-state index contributed by atoms with van der Waals surface area (Å²) in [5.41, 5.74) is 1.33. The molecule has 25 heavy (non-hydrogen) atoms. The van der Waals surface area contributed by atoms with Gasteiger partial charge in [0.15, 0.2) is 0 Å². The number of halogens is 1. The molecule has 0 atom stereocenters. The number of benzene rings is 2. The molecule has 0 spiro atoms. The molecule has 1 heterocycles. The second-order valence-electron chi connectivity index (χ2n) is 5.28. The first-order valence-electron chi connectivity index (χ1n) is 7.69. The number of hydrogen-bond acceptors (Lipinski definition) is 3. The number of carbonyl (C=O) groups excluding carboxylic acids is 1. The van der Waals surface area contributed by atoms with E-state index in [1.807, 2.05) is 0 Å². The average Bonchev–Trinajstić information content (AvgIpc) is 3.12. The molecule has 0 saturated carbocycles. The summed E-state index contributed by atoms with van der Waals surface area (Å²) in [7, 11) is 0. The summed E-state index contributed by atoms with van der Waals surface area (Å²) in [6.45, 7) is 0.244. The van der Waals surface area contributed by atoms with E-state index < -0.39 is 0 Å². The van der Waals surface area contributed by atoms with Crippen LogP contribution in [-0.2, 0) is 11.4 Å². The van der Waals surface area contributed by atoms with Crippen LogP contribution in [0, 0.1) is 5.82 Å². The van der Waals surface area contributed by atoms with Gasteiger partial charge in [-0.2, -0.15) is 0 Å². The van der Waals surface area contributed by atoms with E-state index >= 15 is 0 Å². The van der Waals surface area contributed by atoms with E-state index in [1.165, 1.54) is 24.5 Å². The fourth-order valence-electron chi connectivity index (χ4n) is 2.18. The van der Waals surface area contributed by atoms with E-state index in [-0.39, 0.29) is 18.3 Å². The van der Waals surface area contributed by atoms with Crippen molar-refractivity contribution in [3.63, 3.8) is 0 Å². The molecule has 5 heteroatoms. The number of carbonyl (C=O) groups is 1. The number of rotatable bonds is 6. The normalized spacial score (nSPS) is 10.8. The summed E-state index contributed by atoms with van der Waals surface area (Å²) in [6, 6.07) is 16.7. The van der Waals surface area contributed by atoms with E-state index in [0.717, 1.165) is 5.56 Å². The van der Waals surface area contributed by atoms with Crippen molar-refractivity contribution in [3.8, 4) is 5.75 Å². The summed E-state index contributed by atoms with van der Waals surface area (Å²) in [6.07, 6.45) is 4.51. The summed E-state index contributed by atoms with van der Waals surface area (Å²) in [5, 5.41) is 2.74. The fourth-order valence-corrected chi connectivity index (χ4v) is 2.18. The van der Waals surface area contributed by atoms with Gasteiger partial charge in [0.05, 0.1) is 6.26 Å². The van der Waals surface area contributed by atoms with Crippen LogP contribution in [-0.4, -0.2) is 5.91 Å². The van der Waals surface area contributed by atoms with Gasteiger partial charge >= 0.3 is 0 Å². The van der Waals surface area contributed by atoms with Gasteiger partial charge < -0.3 is 14.5 Å². The van der Waals surface area contributed by atoms with Gasteiger partial charge in [0, 0.05) is 17.8 Å². The fraction of sp³-hybridized carbons (Fsp3) is 0.0500. The molecule has 1 amide bonds. The number of furan rings is 1. The molecule has 1 aromatic heterocycles.